The molecule has 2 aliphatic carbocycles. The zero-order valence-electron chi connectivity index (χ0n) is 15.0. The summed E-state index contributed by atoms with van der Waals surface area (Å²) in [6.45, 7) is 15.0. The molecule has 1 aliphatic heterocycles. The predicted octanol–water partition coefficient (Wildman–Crippen LogP) is 5.47. The summed E-state index contributed by atoms with van der Waals surface area (Å²) < 4.78 is 12.3. The predicted molar refractivity (Wildman–Crippen MR) is 90.7 cm³/mol. The SMILES string of the molecule is C=C1[C@](C)(OC2CCCCO2)CCC2C(C)(C)CCC[C@]12C. The summed E-state index contributed by atoms with van der Waals surface area (Å²) >= 11 is 0. The molecule has 3 fully saturated rings. The normalized spacial score (nSPS) is 45.4. The largest absolute Gasteiger partial charge is 0.353 e. The molecule has 0 spiro atoms. The van der Waals surface area contributed by atoms with Crippen molar-refractivity contribution in [2.75, 3.05) is 6.61 Å². The van der Waals surface area contributed by atoms with Crippen LogP contribution in [0.25, 0.3) is 0 Å². The van der Waals surface area contributed by atoms with Gasteiger partial charge in [-0.15, -0.1) is 0 Å². The Kier molecular flexibility index (Phi) is 4.23. The Morgan fingerprint density at radius 3 is 2.45 bits per heavy atom. The number of hydrogen-bond donors (Lipinski definition) is 0. The van der Waals surface area contributed by atoms with E-state index in [1.807, 2.05) is 0 Å². The third kappa shape index (κ3) is 2.67. The second kappa shape index (κ2) is 5.63. The fourth-order valence-corrected chi connectivity index (χ4v) is 5.59. The maximum atomic E-state index is 6.49. The Morgan fingerprint density at radius 1 is 1.00 bits per heavy atom. The van der Waals surface area contributed by atoms with Gasteiger partial charge in [0.15, 0.2) is 6.29 Å². The van der Waals surface area contributed by atoms with Crippen LogP contribution in [0.1, 0.15) is 79.1 Å². The monoisotopic (exact) mass is 306 g/mol. The topological polar surface area (TPSA) is 18.5 Å². The molecule has 0 aromatic rings. The standard InChI is InChI=1S/C20H34O2/c1-15-19(4)12-8-11-18(2,3)16(19)10-13-20(15,5)22-17-9-6-7-14-21-17/h16-17H,1,6-14H2,2-5H3/t16?,17?,19-,20-/m1/s1. The number of hydrogen-bond acceptors (Lipinski definition) is 2. The minimum absolute atomic E-state index is 0.0211. The van der Waals surface area contributed by atoms with Crippen molar-refractivity contribution in [2.45, 2.75) is 91.0 Å². The molecule has 1 saturated heterocycles. The molecular weight excluding hydrogens is 272 g/mol. The molecule has 22 heavy (non-hydrogen) atoms. The summed E-state index contributed by atoms with van der Waals surface area (Å²) in [5.74, 6) is 0.741. The van der Waals surface area contributed by atoms with E-state index >= 15 is 0 Å². The fourth-order valence-electron chi connectivity index (χ4n) is 5.59. The van der Waals surface area contributed by atoms with Crippen LogP contribution in [0.4, 0.5) is 0 Å². The zero-order chi connectivity index (χ0) is 16.0. The first-order valence-corrected chi connectivity index (χ1v) is 9.27. The van der Waals surface area contributed by atoms with Crippen LogP contribution in [0.3, 0.4) is 0 Å². The Hall–Kier alpha value is -0.340. The summed E-state index contributed by atoms with van der Waals surface area (Å²) in [4.78, 5) is 0. The van der Waals surface area contributed by atoms with E-state index in [0.717, 1.165) is 25.4 Å². The molecule has 0 aromatic heterocycles. The Labute approximate surface area is 136 Å². The third-order valence-corrected chi connectivity index (χ3v) is 7.00. The van der Waals surface area contributed by atoms with E-state index in [0.29, 0.717) is 5.41 Å². The molecule has 2 unspecified atom stereocenters. The molecule has 0 N–H and O–H groups in total. The van der Waals surface area contributed by atoms with Gasteiger partial charge < -0.3 is 9.47 Å². The van der Waals surface area contributed by atoms with Gasteiger partial charge in [0.05, 0.1) is 5.60 Å². The van der Waals surface area contributed by atoms with E-state index in [4.69, 9.17) is 9.47 Å². The Balaban J connectivity index is 1.79. The summed E-state index contributed by atoms with van der Waals surface area (Å²) in [5.41, 5.74) is 1.78. The molecule has 0 aromatic carbocycles. The van der Waals surface area contributed by atoms with E-state index in [9.17, 15) is 0 Å². The van der Waals surface area contributed by atoms with Crippen LogP contribution in [-0.2, 0) is 9.47 Å². The lowest BCUT2D eigenvalue weighted by atomic mass is 9.48. The first-order chi connectivity index (χ1) is 10.3. The van der Waals surface area contributed by atoms with Gasteiger partial charge in [0.1, 0.15) is 0 Å². The van der Waals surface area contributed by atoms with Gasteiger partial charge in [0.2, 0.25) is 0 Å². The van der Waals surface area contributed by atoms with Gasteiger partial charge >= 0.3 is 0 Å². The number of fused-ring (bicyclic) bond motifs is 1. The highest BCUT2D eigenvalue weighted by Gasteiger charge is 2.55. The average molecular weight is 306 g/mol. The minimum Gasteiger partial charge on any atom is -0.353 e. The highest BCUT2D eigenvalue weighted by molar-refractivity contribution is 5.27. The van der Waals surface area contributed by atoms with E-state index in [1.54, 1.807) is 0 Å². The van der Waals surface area contributed by atoms with E-state index in [2.05, 4.69) is 34.3 Å². The zero-order valence-corrected chi connectivity index (χ0v) is 15.0. The van der Waals surface area contributed by atoms with Gasteiger partial charge in [0, 0.05) is 6.61 Å². The number of ether oxygens (including phenoxy) is 2. The average Bonchev–Trinajstić information content (AvgIpc) is 2.45. The lowest BCUT2D eigenvalue weighted by Crippen LogP contribution is -2.54. The molecular formula is C20H34O2. The second-order valence-electron chi connectivity index (χ2n) is 8.97. The van der Waals surface area contributed by atoms with Crippen molar-refractivity contribution in [1.82, 2.24) is 0 Å². The van der Waals surface area contributed by atoms with Gasteiger partial charge in [-0.25, -0.2) is 0 Å². The van der Waals surface area contributed by atoms with Crippen molar-refractivity contribution < 1.29 is 9.47 Å². The van der Waals surface area contributed by atoms with Crippen LogP contribution in [0.15, 0.2) is 12.2 Å². The fraction of sp³-hybridized carbons (Fsp3) is 0.900. The summed E-state index contributed by atoms with van der Waals surface area (Å²) in [5, 5.41) is 0. The van der Waals surface area contributed by atoms with Crippen LogP contribution >= 0.6 is 0 Å². The molecule has 2 nitrogen and oxygen atoms in total. The van der Waals surface area contributed by atoms with Crippen molar-refractivity contribution in [1.29, 1.82) is 0 Å². The van der Waals surface area contributed by atoms with Crippen LogP contribution in [0.2, 0.25) is 0 Å². The van der Waals surface area contributed by atoms with Crippen molar-refractivity contribution in [3.8, 4) is 0 Å². The van der Waals surface area contributed by atoms with E-state index < -0.39 is 0 Å². The van der Waals surface area contributed by atoms with E-state index in [-0.39, 0.29) is 17.3 Å². The molecule has 4 atom stereocenters. The molecule has 0 bridgehead atoms. The van der Waals surface area contributed by atoms with Crippen LogP contribution in [-0.4, -0.2) is 18.5 Å². The Bertz CT molecular complexity index is 435. The molecule has 0 radical (unpaired) electrons. The minimum atomic E-state index is -0.208. The van der Waals surface area contributed by atoms with Gasteiger partial charge in [0.25, 0.3) is 0 Å². The van der Waals surface area contributed by atoms with Gasteiger partial charge in [-0.2, -0.15) is 0 Å². The lowest BCUT2D eigenvalue weighted by molar-refractivity contribution is -0.225. The van der Waals surface area contributed by atoms with Crippen LogP contribution < -0.4 is 0 Å². The smallest absolute Gasteiger partial charge is 0.158 e. The highest BCUT2D eigenvalue weighted by atomic mass is 16.7. The summed E-state index contributed by atoms with van der Waals surface area (Å²) in [6, 6.07) is 0. The molecule has 0 amide bonds. The van der Waals surface area contributed by atoms with Crippen LogP contribution in [0, 0.1) is 16.7 Å². The van der Waals surface area contributed by atoms with Gasteiger partial charge in [-0.3, -0.25) is 0 Å². The summed E-state index contributed by atoms with van der Waals surface area (Å²) in [6.07, 6.45) is 9.69. The third-order valence-electron chi connectivity index (χ3n) is 7.00. The Morgan fingerprint density at radius 2 is 1.77 bits per heavy atom. The highest BCUT2D eigenvalue weighted by Crippen LogP contribution is 2.62. The number of rotatable bonds is 2. The molecule has 3 rings (SSSR count). The molecule has 1 heterocycles. The van der Waals surface area contributed by atoms with Gasteiger partial charge in [-0.05, 0) is 74.2 Å². The summed E-state index contributed by atoms with van der Waals surface area (Å²) in [7, 11) is 0. The first kappa shape index (κ1) is 16.5. The molecule has 126 valence electrons. The quantitative estimate of drug-likeness (QED) is 0.497. The molecule has 3 aliphatic rings. The maximum absolute atomic E-state index is 6.49. The lowest BCUT2D eigenvalue weighted by Gasteiger charge is -2.59. The molecule has 2 saturated carbocycles. The van der Waals surface area contributed by atoms with Gasteiger partial charge in [-0.1, -0.05) is 33.8 Å². The first-order valence-electron chi connectivity index (χ1n) is 9.27. The van der Waals surface area contributed by atoms with Crippen molar-refractivity contribution in [3.05, 3.63) is 12.2 Å². The van der Waals surface area contributed by atoms with Crippen molar-refractivity contribution in [3.63, 3.8) is 0 Å². The van der Waals surface area contributed by atoms with E-state index in [1.165, 1.54) is 44.1 Å². The second-order valence-corrected chi connectivity index (χ2v) is 8.97. The van der Waals surface area contributed by atoms with Crippen molar-refractivity contribution >= 4 is 0 Å². The van der Waals surface area contributed by atoms with Crippen molar-refractivity contribution in [2.24, 2.45) is 16.7 Å². The van der Waals surface area contributed by atoms with Crippen LogP contribution in [0.5, 0.6) is 0 Å². The maximum Gasteiger partial charge on any atom is 0.158 e. The molecule has 2 heteroatoms.